The molecule has 1 unspecified atom stereocenters. The average molecular weight is 157 g/mol. The van der Waals surface area contributed by atoms with Crippen molar-refractivity contribution >= 4 is 6.08 Å². The molecule has 3 heteroatoms. The molecule has 64 valence electrons. The summed E-state index contributed by atoms with van der Waals surface area (Å²) in [7, 11) is 1.63. The minimum Gasteiger partial charge on any atom is -0.379 e. The van der Waals surface area contributed by atoms with Gasteiger partial charge >= 0.3 is 0 Å². The molecule has 0 aromatic rings. The van der Waals surface area contributed by atoms with Gasteiger partial charge in [-0.3, -0.25) is 0 Å². The standard InChI is InChI=1S/C8H15NO2/c1-7(2)4-8(11-3)5-9-6-10/h7-8H,4-5H2,1-3H3. The Labute approximate surface area is 67.5 Å². The van der Waals surface area contributed by atoms with E-state index >= 15 is 0 Å². The fourth-order valence-electron chi connectivity index (χ4n) is 0.910. The zero-order valence-electron chi connectivity index (χ0n) is 7.33. The number of ether oxygens (including phenoxy) is 1. The van der Waals surface area contributed by atoms with Gasteiger partial charge in [-0.1, -0.05) is 13.8 Å². The Morgan fingerprint density at radius 2 is 2.18 bits per heavy atom. The van der Waals surface area contributed by atoms with Gasteiger partial charge in [0, 0.05) is 7.11 Å². The molecule has 0 bridgehead atoms. The Morgan fingerprint density at radius 1 is 1.55 bits per heavy atom. The average Bonchev–Trinajstić information content (AvgIpc) is 1.97. The highest BCUT2D eigenvalue weighted by molar-refractivity contribution is 5.32. The first kappa shape index (κ1) is 10.3. The summed E-state index contributed by atoms with van der Waals surface area (Å²) < 4.78 is 5.09. The Kier molecular flexibility index (Phi) is 5.71. The number of aliphatic imine (C=N–C) groups is 1. The molecule has 0 saturated heterocycles. The highest BCUT2D eigenvalue weighted by Crippen LogP contribution is 2.07. The summed E-state index contributed by atoms with van der Waals surface area (Å²) in [4.78, 5) is 13.2. The first-order valence-corrected chi connectivity index (χ1v) is 3.77. The number of hydrogen-bond donors (Lipinski definition) is 0. The van der Waals surface area contributed by atoms with Crippen LogP contribution in [-0.2, 0) is 9.53 Å². The SMILES string of the molecule is COC(CN=C=O)CC(C)C. The molecule has 11 heavy (non-hydrogen) atoms. The van der Waals surface area contributed by atoms with E-state index in [4.69, 9.17) is 4.74 Å². The summed E-state index contributed by atoms with van der Waals surface area (Å²) in [5.74, 6) is 0.571. The number of rotatable bonds is 5. The van der Waals surface area contributed by atoms with Crippen LogP contribution in [-0.4, -0.2) is 25.8 Å². The van der Waals surface area contributed by atoms with Crippen molar-refractivity contribution in [2.45, 2.75) is 26.4 Å². The number of hydrogen-bond acceptors (Lipinski definition) is 3. The first-order valence-electron chi connectivity index (χ1n) is 3.77. The zero-order valence-corrected chi connectivity index (χ0v) is 7.33. The molecule has 0 fully saturated rings. The maximum Gasteiger partial charge on any atom is 0.235 e. The molecule has 0 spiro atoms. The van der Waals surface area contributed by atoms with E-state index in [1.165, 1.54) is 6.08 Å². The Bertz CT molecular complexity index is 139. The Morgan fingerprint density at radius 3 is 2.55 bits per heavy atom. The lowest BCUT2D eigenvalue weighted by molar-refractivity contribution is 0.0917. The van der Waals surface area contributed by atoms with Crippen LogP contribution in [0, 0.1) is 5.92 Å². The van der Waals surface area contributed by atoms with E-state index in [0.717, 1.165) is 6.42 Å². The topological polar surface area (TPSA) is 38.7 Å². The summed E-state index contributed by atoms with van der Waals surface area (Å²) in [6.45, 7) is 4.64. The van der Waals surface area contributed by atoms with E-state index < -0.39 is 0 Å². The van der Waals surface area contributed by atoms with Crippen molar-refractivity contribution in [1.29, 1.82) is 0 Å². The van der Waals surface area contributed by atoms with Crippen molar-refractivity contribution in [2.75, 3.05) is 13.7 Å². The highest BCUT2D eigenvalue weighted by Gasteiger charge is 2.07. The van der Waals surface area contributed by atoms with Crippen LogP contribution in [0.2, 0.25) is 0 Å². The predicted octanol–water partition coefficient (Wildman–Crippen LogP) is 1.38. The van der Waals surface area contributed by atoms with Crippen molar-refractivity contribution < 1.29 is 9.53 Å². The third-order valence-electron chi connectivity index (χ3n) is 1.43. The largest absolute Gasteiger partial charge is 0.379 e. The van der Waals surface area contributed by atoms with Crippen LogP contribution in [0.15, 0.2) is 4.99 Å². The van der Waals surface area contributed by atoms with Gasteiger partial charge in [-0.05, 0) is 12.3 Å². The molecule has 0 aliphatic rings. The van der Waals surface area contributed by atoms with Gasteiger partial charge in [-0.25, -0.2) is 9.79 Å². The maximum atomic E-state index is 9.76. The van der Waals surface area contributed by atoms with E-state index in [2.05, 4.69) is 18.8 Å². The van der Waals surface area contributed by atoms with Crippen LogP contribution in [0.4, 0.5) is 0 Å². The summed E-state index contributed by atoms with van der Waals surface area (Å²) in [6.07, 6.45) is 2.50. The van der Waals surface area contributed by atoms with Crippen LogP contribution < -0.4 is 0 Å². The third kappa shape index (κ3) is 5.77. The van der Waals surface area contributed by atoms with Crippen LogP contribution in [0.3, 0.4) is 0 Å². The molecule has 0 radical (unpaired) electrons. The molecule has 0 amide bonds. The molecule has 0 aromatic carbocycles. The van der Waals surface area contributed by atoms with Crippen LogP contribution in [0.5, 0.6) is 0 Å². The van der Waals surface area contributed by atoms with E-state index in [1.54, 1.807) is 7.11 Å². The maximum absolute atomic E-state index is 9.76. The summed E-state index contributed by atoms with van der Waals surface area (Å²) in [5.41, 5.74) is 0. The van der Waals surface area contributed by atoms with Gasteiger partial charge in [0.25, 0.3) is 0 Å². The monoisotopic (exact) mass is 157 g/mol. The zero-order chi connectivity index (χ0) is 8.69. The molecule has 0 saturated carbocycles. The van der Waals surface area contributed by atoms with E-state index in [-0.39, 0.29) is 6.10 Å². The van der Waals surface area contributed by atoms with Crippen molar-refractivity contribution in [2.24, 2.45) is 10.9 Å². The van der Waals surface area contributed by atoms with Gasteiger partial charge < -0.3 is 4.74 Å². The predicted molar refractivity (Wildman–Crippen MR) is 43.2 cm³/mol. The van der Waals surface area contributed by atoms with E-state index in [1.807, 2.05) is 0 Å². The Balaban J connectivity index is 3.66. The molecule has 0 rings (SSSR count). The fourth-order valence-corrected chi connectivity index (χ4v) is 0.910. The van der Waals surface area contributed by atoms with Crippen LogP contribution in [0.1, 0.15) is 20.3 Å². The molecular weight excluding hydrogens is 142 g/mol. The molecule has 0 heterocycles. The number of carbonyl (C=O) groups excluding carboxylic acids is 1. The first-order chi connectivity index (χ1) is 5.20. The lowest BCUT2D eigenvalue weighted by atomic mass is 10.1. The molecule has 0 N–H and O–H groups in total. The van der Waals surface area contributed by atoms with Crippen LogP contribution in [0.25, 0.3) is 0 Å². The second-order valence-corrected chi connectivity index (χ2v) is 2.92. The van der Waals surface area contributed by atoms with E-state index in [9.17, 15) is 4.79 Å². The fraction of sp³-hybridized carbons (Fsp3) is 0.875. The number of nitrogens with zero attached hydrogens (tertiary/aromatic N) is 1. The second-order valence-electron chi connectivity index (χ2n) is 2.92. The summed E-state index contributed by atoms with van der Waals surface area (Å²) in [5, 5.41) is 0. The van der Waals surface area contributed by atoms with Crippen molar-refractivity contribution in [3.63, 3.8) is 0 Å². The van der Waals surface area contributed by atoms with Gasteiger partial charge in [0.15, 0.2) is 0 Å². The normalized spacial score (nSPS) is 12.7. The minimum atomic E-state index is 0.0662. The Hall–Kier alpha value is -0.660. The van der Waals surface area contributed by atoms with Crippen molar-refractivity contribution in [1.82, 2.24) is 0 Å². The minimum absolute atomic E-state index is 0.0662. The van der Waals surface area contributed by atoms with Gasteiger partial charge in [-0.15, -0.1) is 0 Å². The lowest BCUT2D eigenvalue weighted by Crippen LogP contribution is -2.16. The number of methoxy groups -OCH3 is 1. The van der Waals surface area contributed by atoms with Crippen molar-refractivity contribution in [3.05, 3.63) is 0 Å². The highest BCUT2D eigenvalue weighted by atomic mass is 16.5. The smallest absolute Gasteiger partial charge is 0.235 e. The number of isocyanates is 1. The molecule has 3 nitrogen and oxygen atoms in total. The van der Waals surface area contributed by atoms with Crippen LogP contribution >= 0.6 is 0 Å². The van der Waals surface area contributed by atoms with Crippen molar-refractivity contribution in [3.8, 4) is 0 Å². The van der Waals surface area contributed by atoms with Gasteiger partial charge in [-0.2, -0.15) is 0 Å². The van der Waals surface area contributed by atoms with E-state index in [0.29, 0.717) is 12.5 Å². The lowest BCUT2D eigenvalue weighted by Gasteiger charge is -2.13. The van der Waals surface area contributed by atoms with Gasteiger partial charge in [0.1, 0.15) is 0 Å². The molecular formula is C8H15NO2. The third-order valence-corrected chi connectivity index (χ3v) is 1.43. The molecule has 1 atom stereocenters. The summed E-state index contributed by atoms with van der Waals surface area (Å²) in [6, 6.07) is 0. The van der Waals surface area contributed by atoms with Gasteiger partial charge in [0.2, 0.25) is 6.08 Å². The second kappa shape index (κ2) is 6.08. The summed E-state index contributed by atoms with van der Waals surface area (Å²) >= 11 is 0. The quantitative estimate of drug-likeness (QED) is 0.446. The van der Waals surface area contributed by atoms with Gasteiger partial charge in [0.05, 0.1) is 12.6 Å². The molecule has 0 aliphatic heterocycles. The molecule has 0 aliphatic carbocycles. The molecule has 0 aromatic heterocycles.